The van der Waals surface area contributed by atoms with Crippen LogP contribution < -0.4 is 0 Å². The average Bonchev–Trinajstić information content (AvgIpc) is 3.38. The Bertz CT molecular complexity index is 860. The number of methoxy groups -OCH3 is 2. The van der Waals surface area contributed by atoms with Gasteiger partial charge in [0.05, 0.1) is 30.4 Å². The van der Waals surface area contributed by atoms with Gasteiger partial charge in [0.1, 0.15) is 0 Å². The van der Waals surface area contributed by atoms with Crippen LogP contribution in [0.1, 0.15) is 72.9 Å². The molecule has 0 aromatic carbocycles. The molecule has 172 valence electrons. The minimum atomic E-state index is 0.408. The molecule has 0 saturated heterocycles. The van der Waals surface area contributed by atoms with Crippen LogP contribution in [0.15, 0.2) is 0 Å². The molecule has 0 saturated carbocycles. The fraction of sp³-hybridized carbons (Fsp3) is 0.739. The summed E-state index contributed by atoms with van der Waals surface area (Å²) in [6, 6.07) is 0. The Kier molecular flexibility index (Phi) is 7.11. The van der Waals surface area contributed by atoms with Crippen LogP contribution in [0.4, 0.5) is 0 Å². The first-order valence-electron chi connectivity index (χ1n) is 11.5. The second-order valence-corrected chi connectivity index (χ2v) is 9.63. The Hall–Kier alpha value is -1.74. The number of nitrogens with one attached hydrogen (secondary N) is 2. The number of hydrogen-bond acceptors (Lipinski definition) is 6. The third-order valence-electron chi connectivity index (χ3n) is 6.75. The number of nitrogens with zero attached hydrogens (tertiary/aromatic N) is 4. The van der Waals surface area contributed by atoms with Gasteiger partial charge in [-0.15, -0.1) is 0 Å². The maximum Gasteiger partial charge on any atom is 0.0992 e. The highest BCUT2D eigenvalue weighted by Crippen LogP contribution is 2.34. The van der Waals surface area contributed by atoms with E-state index >= 15 is 0 Å². The summed E-state index contributed by atoms with van der Waals surface area (Å²) in [5, 5.41) is 16.0. The van der Waals surface area contributed by atoms with Crippen molar-refractivity contribution in [3.05, 3.63) is 33.9 Å². The minimum absolute atomic E-state index is 0.408. The lowest BCUT2D eigenvalue weighted by Gasteiger charge is -2.26. The van der Waals surface area contributed by atoms with Gasteiger partial charge in [0, 0.05) is 69.7 Å². The first kappa shape index (κ1) is 22.5. The molecule has 0 amide bonds. The van der Waals surface area contributed by atoms with Gasteiger partial charge in [-0.25, -0.2) is 0 Å². The van der Waals surface area contributed by atoms with Crippen LogP contribution in [0.3, 0.4) is 0 Å². The predicted octanol–water partition coefficient (Wildman–Crippen LogP) is 2.99. The molecule has 8 heteroatoms. The second-order valence-electron chi connectivity index (χ2n) is 9.63. The normalized spacial score (nSPS) is 20.8. The van der Waals surface area contributed by atoms with E-state index in [0.717, 1.165) is 52.2 Å². The molecular weight excluding hydrogens is 392 g/mol. The summed E-state index contributed by atoms with van der Waals surface area (Å²) in [6.45, 7) is 13.0. The van der Waals surface area contributed by atoms with Crippen molar-refractivity contribution >= 4 is 0 Å². The molecule has 0 aliphatic carbocycles. The van der Waals surface area contributed by atoms with E-state index in [4.69, 9.17) is 14.6 Å². The van der Waals surface area contributed by atoms with Crippen LogP contribution in [0.2, 0.25) is 0 Å². The zero-order valence-electron chi connectivity index (χ0n) is 19.7. The Labute approximate surface area is 185 Å². The Balaban J connectivity index is 1.50. The molecule has 2 aliphatic rings. The molecule has 2 N–H and O–H groups in total. The minimum Gasteiger partial charge on any atom is -0.383 e. The fourth-order valence-corrected chi connectivity index (χ4v) is 5.32. The number of rotatable bonds is 9. The molecule has 0 fully saturated rings. The van der Waals surface area contributed by atoms with Gasteiger partial charge in [0.15, 0.2) is 0 Å². The molecule has 8 nitrogen and oxygen atoms in total. The first-order valence-corrected chi connectivity index (χ1v) is 11.5. The number of ether oxygens (including phenoxy) is 2. The van der Waals surface area contributed by atoms with Crippen molar-refractivity contribution in [3.63, 3.8) is 0 Å². The van der Waals surface area contributed by atoms with Gasteiger partial charge in [0.2, 0.25) is 0 Å². The summed E-state index contributed by atoms with van der Waals surface area (Å²) in [4.78, 5) is 4.85. The van der Waals surface area contributed by atoms with E-state index in [0.29, 0.717) is 24.5 Å². The summed E-state index contributed by atoms with van der Waals surface area (Å²) in [5.41, 5.74) is 7.79. The molecule has 2 aliphatic heterocycles. The highest BCUT2D eigenvalue weighted by Gasteiger charge is 2.31. The van der Waals surface area contributed by atoms with Crippen LogP contribution in [-0.4, -0.2) is 70.8 Å². The van der Waals surface area contributed by atoms with E-state index < -0.39 is 0 Å². The third-order valence-corrected chi connectivity index (χ3v) is 6.75. The summed E-state index contributed by atoms with van der Waals surface area (Å²) in [5.74, 6) is 1.39. The van der Waals surface area contributed by atoms with E-state index in [1.807, 2.05) is 0 Å². The SMILES string of the molecule is COCCN1Cc2c(C(C)C)n[nH]c2CC(CC(C)c2n[nH]c3c2CN(COC)C3)C1. The summed E-state index contributed by atoms with van der Waals surface area (Å²) in [6.07, 6.45) is 2.16. The van der Waals surface area contributed by atoms with Gasteiger partial charge in [-0.1, -0.05) is 20.8 Å². The van der Waals surface area contributed by atoms with Gasteiger partial charge in [-0.2, -0.15) is 10.2 Å². The lowest BCUT2D eigenvalue weighted by Crippen LogP contribution is -2.31. The molecule has 4 heterocycles. The standard InChI is InChI=1S/C23H38N6O2/c1-15(2)22-18-11-28(6-7-30-4)10-17(9-20(18)24-26-22)8-16(3)23-19-12-29(14-31-5)13-21(19)25-27-23/h15-17H,6-14H2,1-5H3,(H,24,26)(H,25,27). The molecule has 31 heavy (non-hydrogen) atoms. The summed E-state index contributed by atoms with van der Waals surface area (Å²) < 4.78 is 10.7. The van der Waals surface area contributed by atoms with E-state index in [2.05, 4.69) is 45.9 Å². The molecule has 4 rings (SSSR count). The molecule has 2 aromatic heterocycles. The van der Waals surface area contributed by atoms with Gasteiger partial charge in [-0.05, 0) is 24.7 Å². The van der Waals surface area contributed by atoms with E-state index in [1.165, 1.54) is 33.9 Å². The van der Waals surface area contributed by atoms with Gasteiger partial charge < -0.3 is 9.47 Å². The topological polar surface area (TPSA) is 82.3 Å². The van der Waals surface area contributed by atoms with Crippen LogP contribution in [0.5, 0.6) is 0 Å². The quantitative estimate of drug-likeness (QED) is 0.636. The molecule has 0 radical (unpaired) electrons. The van der Waals surface area contributed by atoms with Crippen LogP contribution in [-0.2, 0) is 35.5 Å². The van der Waals surface area contributed by atoms with Crippen molar-refractivity contribution in [3.8, 4) is 0 Å². The van der Waals surface area contributed by atoms with Crippen LogP contribution in [0, 0.1) is 5.92 Å². The molecule has 2 unspecified atom stereocenters. The van der Waals surface area contributed by atoms with E-state index in [9.17, 15) is 0 Å². The van der Waals surface area contributed by atoms with Crippen molar-refractivity contribution in [1.82, 2.24) is 30.2 Å². The fourth-order valence-electron chi connectivity index (χ4n) is 5.32. The number of aromatic nitrogens is 4. The van der Waals surface area contributed by atoms with Crippen molar-refractivity contribution in [2.75, 3.05) is 40.6 Å². The molecule has 0 bridgehead atoms. The van der Waals surface area contributed by atoms with E-state index in [1.54, 1.807) is 14.2 Å². The number of H-pyrrole nitrogens is 2. The van der Waals surface area contributed by atoms with Crippen LogP contribution in [0.25, 0.3) is 0 Å². The van der Waals surface area contributed by atoms with Crippen molar-refractivity contribution in [2.24, 2.45) is 5.92 Å². The smallest absolute Gasteiger partial charge is 0.0992 e. The van der Waals surface area contributed by atoms with Gasteiger partial charge in [0.25, 0.3) is 0 Å². The zero-order chi connectivity index (χ0) is 22.0. The first-order chi connectivity index (χ1) is 15.0. The molecule has 2 aromatic rings. The highest BCUT2D eigenvalue weighted by molar-refractivity contribution is 5.32. The Morgan fingerprint density at radius 3 is 2.39 bits per heavy atom. The maximum absolute atomic E-state index is 5.39. The van der Waals surface area contributed by atoms with Crippen LogP contribution >= 0.6 is 0 Å². The lowest BCUT2D eigenvalue weighted by atomic mass is 9.88. The summed E-state index contributed by atoms with van der Waals surface area (Å²) >= 11 is 0. The maximum atomic E-state index is 5.39. The molecule has 2 atom stereocenters. The number of aromatic amines is 2. The lowest BCUT2D eigenvalue weighted by molar-refractivity contribution is 0.0603. The largest absolute Gasteiger partial charge is 0.383 e. The average molecular weight is 431 g/mol. The Morgan fingerprint density at radius 1 is 0.935 bits per heavy atom. The monoisotopic (exact) mass is 430 g/mol. The predicted molar refractivity (Wildman–Crippen MR) is 120 cm³/mol. The van der Waals surface area contributed by atoms with E-state index in [-0.39, 0.29) is 0 Å². The van der Waals surface area contributed by atoms with Gasteiger partial charge >= 0.3 is 0 Å². The highest BCUT2D eigenvalue weighted by atomic mass is 16.5. The third kappa shape index (κ3) is 4.87. The zero-order valence-corrected chi connectivity index (χ0v) is 19.7. The Morgan fingerprint density at radius 2 is 1.65 bits per heavy atom. The number of hydrogen-bond donors (Lipinski definition) is 2. The van der Waals surface area contributed by atoms with Crippen molar-refractivity contribution < 1.29 is 9.47 Å². The molecular formula is C23H38N6O2. The second kappa shape index (κ2) is 9.81. The van der Waals surface area contributed by atoms with Crippen molar-refractivity contribution in [1.29, 1.82) is 0 Å². The van der Waals surface area contributed by atoms with Gasteiger partial charge in [-0.3, -0.25) is 20.0 Å². The number of fused-ring (bicyclic) bond motifs is 2. The summed E-state index contributed by atoms with van der Waals surface area (Å²) in [7, 11) is 3.54. The molecule has 0 spiro atoms. The van der Waals surface area contributed by atoms with Crippen molar-refractivity contribution in [2.45, 2.75) is 65.1 Å².